The molecule has 1 aliphatic rings. The number of halogens is 1. The van der Waals surface area contributed by atoms with Crippen molar-refractivity contribution in [3.8, 4) is 0 Å². The molecule has 1 amide bonds. The van der Waals surface area contributed by atoms with E-state index in [4.69, 9.17) is 16.2 Å². The lowest BCUT2D eigenvalue weighted by molar-refractivity contribution is -0.116. The van der Waals surface area contributed by atoms with Crippen LogP contribution in [0.25, 0.3) is 6.08 Å². The van der Waals surface area contributed by atoms with Gasteiger partial charge < -0.3 is 21.5 Å². The predicted molar refractivity (Wildman–Crippen MR) is 83.5 cm³/mol. The van der Waals surface area contributed by atoms with Gasteiger partial charge in [0.1, 0.15) is 0 Å². The Kier molecular flexibility index (Phi) is 6.35. The van der Waals surface area contributed by atoms with Gasteiger partial charge in [-0.05, 0) is 42.7 Å². The van der Waals surface area contributed by atoms with Crippen molar-refractivity contribution < 1.29 is 9.53 Å². The third-order valence-electron chi connectivity index (χ3n) is 3.05. The second kappa shape index (κ2) is 7.77. The minimum Gasteiger partial charge on any atom is -0.399 e. The van der Waals surface area contributed by atoms with Crippen LogP contribution in [-0.2, 0) is 9.53 Å². The Labute approximate surface area is 124 Å². The summed E-state index contributed by atoms with van der Waals surface area (Å²) >= 11 is 0. The molecule has 110 valence electrons. The number of benzene rings is 1. The van der Waals surface area contributed by atoms with E-state index < -0.39 is 0 Å². The van der Waals surface area contributed by atoms with E-state index in [1.807, 2.05) is 0 Å². The molecule has 0 aliphatic carbocycles. The highest BCUT2D eigenvalue weighted by molar-refractivity contribution is 5.92. The number of hydrogen-bond donors (Lipinski definition) is 3. The molecule has 2 rings (SSSR count). The van der Waals surface area contributed by atoms with Crippen molar-refractivity contribution in [2.45, 2.75) is 18.9 Å². The Hall–Kier alpha value is -1.72. The first-order valence-corrected chi connectivity index (χ1v) is 6.37. The Balaban J connectivity index is 0.00000200. The minimum atomic E-state index is -0.155. The molecular formula is C14H20ClN3O2. The quantitative estimate of drug-likeness (QED) is 0.581. The first kappa shape index (κ1) is 16.3. The normalized spacial score (nSPS) is 17.9. The largest absolute Gasteiger partial charge is 0.399 e. The minimum absolute atomic E-state index is 0. The van der Waals surface area contributed by atoms with Crippen LogP contribution < -0.4 is 16.8 Å². The van der Waals surface area contributed by atoms with Gasteiger partial charge in [-0.15, -0.1) is 12.4 Å². The second-order valence-electron chi connectivity index (χ2n) is 4.60. The predicted octanol–water partition coefficient (Wildman–Crippen LogP) is 1.58. The number of nitrogens with two attached hydrogens (primary N) is 2. The Morgan fingerprint density at radius 1 is 1.45 bits per heavy atom. The highest BCUT2D eigenvalue weighted by Gasteiger charge is 2.15. The molecule has 1 aliphatic heterocycles. The number of hydrogen-bond acceptors (Lipinski definition) is 4. The Morgan fingerprint density at radius 3 is 2.95 bits per heavy atom. The summed E-state index contributed by atoms with van der Waals surface area (Å²) in [6.07, 6.45) is 5.34. The van der Waals surface area contributed by atoms with Gasteiger partial charge in [0.2, 0.25) is 5.91 Å². The summed E-state index contributed by atoms with van der Waals surface area (Å²) in [7, 11) is 0. The number of amides is 1. The zero-order valence-electron chi connectivity index (χ0n) is 11.2. The monoisotopic (exact) mass is 297 g/mol. The molecule has 0 saturated carbocycles. The van der Waals surface area contributed by atoms with Gasteiger partial charge >= 0.3 is 0 Å². The molecule has 1 atom stereocenters. The van der Waals surface area contributed by atoms with Gasteiger partial charge in [-0.3, -0.25) is 4.79 Å². The fourth-order valence-electron chi connectivity index (χ4n) is 1.98. The number of nitrogens with one attached hydrogen (secondary N) is 1. The number of carbonyl (C=O) groups excluding carboxylic acids is 1. The number of anilines is 2. The van der Waals surface area contributed by atoms with Gasteiger partial charge in [0.25, 0.3) is 0 Å². The summed E-state index contributed by atoms with van der Waals surface area (Å²) in [4.78, 5) is 11.6. The number of rotatable bonds is 4. The standard InChI is InChI=1S/C14H19N3O2.ClH/c15-11-4-5-13(16)10(8-11)3-6-14(18)17-9-12-2-1-7-19-12;/h3-6,8,12H,1-2,7,9,15-16H2,(H,17,18);1H/b6-3+;. The number of ether oxygens (including phenoxy) is 1. The highest BCUT2D eigenvalue weighted by Crippen LogP contribution is 2.17. The van der Waals surface area contributed by atoms with Crippen LogP contribution >= 0.6 is 12.4 Å². The first-order chi connectivity index (χ1) is 9.15. The summed E-state index contributed by atoms with van der Waals surface area (Å²) in [5, 5.41) is 2.81. The maximum Gasteiger partial charge on any atom is 0.244 e. The zero-order valence-corrected chi connectivity index (χ0v) is 12.0. The van der Waals surface area contributed by atoms with E-state index in [2.05, 4.69) is 5.32 Å². The van der Waals surface area contributed by atoms with Crippen molar-refractivity contribution in [3.63, 3.8) is 0 Å². The smallest absolute Gasteiger partial charge is 0.244 e. The zero-order chi connectivity index (χ0) is 13.7. The summed E-state index contributed by atoms with van der Waals surface area (Å²) in [6, 6.07) is 5.18. The van der Waals surface area contributed by atoms with Crippen molar-refractivity contribution in [1.82, 2.24) is 5.32 Å². The molecule has 0 spiro atoms. The highest BCUT2D eigenvalue weighted by atomic mass is 35.5. The van der Waals surface area contributed by atoms with Crippen LogP contribution in [0.4, 0.5) is 11.4 Å². The third-order valence-corrected chi connectivity index (χ3v) is 3.05. The molecule has 20 heavy (non-hydrogen) atoms. The lowest BCUT2D eigenvalue weighted by atomic mass is 10.1. The van der Waals surface area contributed by atoms with Gasteiger partial charge in [0.15, 0.2) is 0 Å². The molecule has 5 nitrogen and oxygen atoms in total. The van der Waals surface area contributed by atoms with Crippen LogP contribution in [0, 0.1) is 0 Å². The van der Waals surface area contributed by atoms with Gasteiger partial charge in [-0.1, -0.05) is 0 Å². The van der Waals surface area contributed by atoms with Crippen LogP contribution in [0.2, 0.25) is 0 Å². The Bertz CT molecular complexity index is 485. The molecule has 1 fully saturated rings. The van der Waals surface area contributed by atoms with Crippen LogP contribution in [0.5, 0.6) is 0 Å². The lowest BCUT2D eigenvalue weighted by Crippen LogP contribution is -2.30. The van der Waals surface area contributed by atoms with E-state index in [0.717, 1.165) is 25.0 Å². The molecule has 0 aromatic heterocycles. The van der Waals surface area contributed by atoms with Crippen molar-refractivity contribution in [2.75, 3.05) is 24.6 Å². The van der Waals surface area contributed by atoms with Crippen LogP contribution in [0.1, 0.15) is 18.4 Å². The fourth-order valence-corrected chi connectivity index (χ4v) is 1.98. The molecule has 0 radical (unpaired) electrons. The topological polar surface area (TPSA) is 90.4 Å². The van der Waals surface area contributed by atoms with Gasteiger partial charge in [0.05, 0.1) is 6.10 Å². The fraction of sp³-hybridized carbons (Fsp3) is 0.357. The molecule has 6 heteroatoms. The van der Waals surface area contributed by atoms with Crippen LogP contribution in [-0.4, -0.2) is 25.2 Å². The average Bonchev–Trinajstić information content (AvgIpc) is 2.90. The maximum atomic E-state index is 11.6. The molecule has 1 aromatic carbocycles. The molecular weight excluding hydrogens is 278 g/mol. The van der Waals surface area contributed by atoms with E-state index in [9.17, 15) is 4.79 Å². The van der Waals surface area contributed by atoms with Crippen LogP contribution in [0.15, 0.2) is 24.3 Å². The van der Waals surface area contributed by atoms with E-state index in [0.29, 0.717) is 17.9 Å². The molecule has 0 bridgehead atoms. The summed E-state index contributed by atoms with van der Waals surface area (Å²) in [5.41, 5.74) is 13.4. The first-order valence-electron chi connectivity index (χ1n) is 6.37. The van der Waals surface area contributed by atoms with E-state index in [1.165, 1.54) is 6.08 Å². The molecule has 1 heterocycles. The van der Waals surface area contributed by atoms with Gasteiger partial charge in [0, 0.05) is 30.6 Å². The van der Waals surface area contributed by atoms with E-state index >= 15 is 0 Å². The van der Waals surface area contributed by atoms with Crippen molar-refractivity contribution in [2.24, 2.45) is 0 Å². The van der Waals surface area contributed by atoms with E-state index in [-0.39, 0.29) is 24.4 Å². The number of nitrogen functional groups attached to an aromatic ring is 2. The van der Waals surface area contributed by atoms with Crippen LogP contribution in [0.3, 0.4) is 0 Å². The van der Waals surface area contributed by atoms with Crippen molar-refractivity contribution >= 4 is 35.8 Å². The SMILES string of the molecule is Cl.Nc1ccc(N)c(/C=C/C(=O)NCC2CCCO2)c1. The third kappa shape index (κ3) is 4.75. The summed E-state index contributed by atoms with van der Waals surface area (Å²) in [6.45, 7) is 1.34. The van der Waals surface area contributed by atoms with Gasteiger partial charge in [-0.25, -0.2) is 0 Å². The number of carbonyl (C=O) groups is 1. The summed E-state index contributed by atoms with van der Waals surface area (Å²) < 4.78 is 5.43. The maximum absolute atomic E-state index is 11.6. The van der Waals surface area contributed by atoms with Crippen molar-refractivity contribution in [3.05, 3.63) is 29.8 Å². The molecule has 1 saturated heterocycles. The average molecular weight is 298 g/mol. The van der Waals surface area contributed by atoms with E-state index in [1.54, 1.807) is 24.3 Å². The molecule has 5 N–H and O–H groups in total. The summed E-state index contributed by atoms with van der Waals surface area (Å²) in [5.74, 6) is -0.155. The Morgan fingerprint density at radius 2 is 2.25 bits per heavy atom. The lowest BCUT2D eigenvalue weighted by Gasteiger charge is -2.09. The second-order valence-corrected chi connectivity index (χ2v) is 4.60. The van der Waals surface area contributed by atoms with Crippen molar-refractivity contribution in [1.29, 1.82) is 0 Å². The molecule has 1 unspecified atom stereocenters. The van der Waals surface area contributed by atoms with Gasteiger partial charge in [-0.2, -0.15) is 0 Å². The molecule has 1 aromatic rings.